The van der Waals surface area contributed by atoms with E-state index in [1.165, 1.54) is 0 Å². The maximum absolute atomic E-state index is 6.12. The second-order valence-electron chi connectivity index (χ2n) is 4.72. The lowest BCUT2D eigenvalue weighted by molar-refractivity contribution is 0.605. The number of rotatable bonds is 1. The molecule has 1 aromatic carbocycles. The highest BCUT2D eigenvalue weighted by atomic mass is 79.9. The molecule has 0 radical (unpaired) electrons. The highest BCUT2D eigenvalue weighted by Gasteiger charge is 2.25. The summed E-state index contributed by atoms with van der Waals surface area (Å²) in [5.74, 6) is 1.01. The van der Waals surface area contributed by atoms with Gasteiger partial charge in [0.15, 0.2) is 5.17 Å². The molecule has 0 aromatic heterocycles. The normalized spacial score (nSPS) is 18.1. The molecular weight excluding hydrogens is 320 g/mol. The van der Waals surface area contributed by atoms with Crippen LogP contribution < -0.4 is 5.32 Å². The molecule has 1 aromatic rings. The Balaban J connectivity index is 2.23. The van der Waals surface area contributed by atoms with Crippen molar-refractivity contribution in [3.8, 4) is 0 Å². The Labute approximate surface area is 119 Å². The number of nitrogens with zero attached hydrogens (tertiary/aromatic N) is 1. The van der Waals surface area contributed by atoms with Crippen LogP contribution in [0.15, 0.2) is 21.6 Å². The van der Waals surface area contributed by atoms with Crippen molar-refractivity contribution < 1.29 is 0 Å². The molecule has 0 saturated heterocycles. The molecule has 0 atom stereocenters. The van der Waals surface area contributed by atoms with Crippen molar-refractivity contribution >= 4 is 50.1 Å². The molecule has 0 unspecified atom stereocenters. The van der Waals surface area contributed by atoms with Crippen molar-refractivity contribution in [2.45, 2.75) is 26.3 Å². The van der Waals surface area contributed by atoms with Crippen LogP contribution in [-0.2, 0) is 0 Å². The van der Waals surface area contributed by atoms with Gasteiger partial charge in [-0.15, -0.1) is 0 Å². The third-order valence-corrected chi connectivity index (χ3v) is 4.84. The molecule has 1 N–H and O–H groups in total. The van der Waals surface area contributed by atoms with Crippen LogP contribution in [0.2, 0.25) is 5.02 Å². The number of nitrogens with one attached hydrogen (secondary N) is 1. The molecule has 0 saturated carbocycles. The molecule has 2 rings (SSSR count). The largest absolute Gasteiger partial charge is 0.334 e. The Bertz CT molecular complexity index is 486. The van der Waals surface area contributed by atoms with Crippen molar-refractivity contribution in [1.29, 1.82) is 0 Å². The SMILES string of the molecule is Cc1cc(Br)c(NC2=NC(C)(C)CS2)cc1Cl. The molecule has 17 heavy (non-hydrogen) atoms. The smallest absolute Gasteiger partial charge is 0.161 e. The lowest BCUT2D eigenvalue weighted by Crippen LogP contribution is -2.15. The molecule has 0 bridgehead atoms. The molecule has 5 heteroatoms. The Morgan fingerprint density at radius 1 is 1.47 bits per heavy atom. The minimum Gasteiger partial charge on any atom is -0.334 e. The molecule has 0 fully saturated rings. The number of hydrogen-bond donors (Lipinski definition) is 1. The molecule has 0 amide bonds. The minimum absolute atomic E-state index is 0.0218. The van der Waals surface area contributed by atoms with Gasteiger partial charge in [0, 0.05) is 15.2 Å². The highest BCUT2D eigenvalue weighted by Crippen LogP contribution is 2.32. The Morgan fingerprint density at radius 2 is 2.18 bits per heavy atom. The number of amidine groups is 1. The standard InChI is InChI=1S/C12H14BrClN2S/c1-7-4-8(13)10(5-9(7)14)15-11-16-12(2,3)6-17-11/h4-5H,6H2,1-3H3,(H,15,16). The van der Waals surface area contributed by atoms with Gasteiger partial charge in [0.2, 0.25) is 0 Å². The number of anilines is 1. The molecule has 92 valence electrons. The van der Waals surface area contributed by atoms with Crippen LogP contribution >= 0.6 is 39.3 Å². The van der Waals surface area contributed by atoms with E-state index in [1.54, 1.807) is 11.8 Å². The van der Waals surface area contributed by atoms with Gasteiger partial charge in [0.05, 0.1) is 11.2 Å². The number of benzene rings is 1. The summed E-state index contributed by atoms with van der Waals surface area (Å²) >= 11 is 11.4. The molecule has 2 nitrogen and oxygen atoms in total. The van der Waals surface area contributed by atoms with E-state index < -0.39 is 0 Å². The maximum Gasteiger partial charge on any atom is 0.161 e. The van der Waals surface area contributed by atoms with Gasteiger partial charge in [-0.3, -0.25) is 4.99 Å². The molecular formula is C12H14BrClN2S. The van der Waals surface area contributed by atoms with Crippen molar-refractivity contribution in [2.24, 2.45) is 4.99 Å². The lowest BCUT2D eigenvalue weighted by atomic mass is 10.1. The summed E-state index contributed by atoms with van der Waals surface area (Å²) in [6.07, 6.45) is 0. The average molecular weight is 334 g/mol. The summed E-state index contributed by atoms with van der Waals surface area (Å²) in [5, 5.41) is 5.03. The van der Waals surface area contributed by atoms with E-state index in [9.17, 15) is 0 Å². The second-order valence-corrected chi connectivity index (χ2v) is 6.95. The fourth-order valence-electron chi connectivity index (χ4n) is 1.51. The van der Waals surface area contributed by atoms with Gasteiger partial charge >= 0.3 is 0 Å². The van der Waals surface area contributed by atoms with Crippen molar-refractivity contribution in [2.75, 3.05) is 11.1 Å². The van der Waals surface area contributed by atoms with Crippen LogP contribution in [0.4, 0.5) is 5.69 Å². The van der Waals surface area contributed by atoms with Gasteiger partial charge in [0.25, 0.3) is 0 Å². The third kappa shape index (κ3) is 3.18. The van der Waals surface area contributed by atoms with Crippen molar-refractivity contribution in [3.05, 3.63) is 27.2 Å². The highest BCUT2D eigenvalue weighted by molar-refractivity contribution is 9.10. The van der Waals surface area contributed by atoms with Gasteiger partial charge < -0.3 is 5.32 Å². The topological polar surface area (TPSA) is 24.4 Å². The van der Waals surface area contributed by atoms with E-state index in [0.29, 0.717) is 0 Å². The monoisotopic (exact) mass is 332 g/mol. The summed E-state index contributed by atoms with van der Waals surface area (Å²) < 4.78 is 1.01. The van der Waals surface area contributed by atoms with Crippen LogP contribution in [-0.4, -0.2) is 16.5 Å². The minimum atomic E-state index is 0.0218. The van der Waals surface area contributed by atoms with E-state index in [-0.39, 0.29) is 5.54 Å². The fourth-order valence-corrected chi connectivity index (χ4v) is 3.27. The second kappa shape index (κ2) is 4.82. The predicted octanol–water partition coefficient (Wildman–Crippen LogP) is 4.70. The van der Waals surface area contributed by atoms with Gasteiger partial charge in [-0.25, -0.2) is 0 Å². The molecule has 1 aliphatic rings. The van der Waals surface area contributed by atoms with Gasteiger partial charge in [0.1, 0.15) is 0 Å². The first-order valence-electron chi connectivity index (χ1n) is 5.33. The van der Waals surface area contributed by atoms with Crippen LogP contribution in [0, 0.1) is 6.92 Å². The van der Waals surface area contributed by atoms with Crippen LogP contribution in [0.1, 0.15) is 19.4 Å². The summed E-state index contributed by atoms with van der Waals surface area (Å²) in [5.41, 5.74) is 2.04. The lowest BCUT2D eigenvalue weighted by Gasteiger charge is -2.10. The first kappa shape index (κ1) is 13.2. The number of aryl methyl sites for hydroxylation is 1. The average Bonchev–Trinajstić information content (AvgIpc) is 2.54. The molecule has 1 aliphatic heterocycles. The quantitative estimate of drug-likeness (QED) is 0.805. The first-order chi connectivity index (χ1) is 7.87. The predicted molar refractivity (Wildman–Crippen MR) is 81.5 cm³/mol. The zero-order valence-electron chi connectivity index (χ0n) is 9.97. The van der Waals surface area contributed by atoms with Gasteiger partial charge in [-0.2, -0.15) is 0 Å². The van der Waals surface area contributed by atoms with Gasteiger partial charge in [-0.05, 0) is 54.4 Å². The van der Waals surface area contributed by atoms with E-state index in [1.807, 2.05) is 19.1 Å². The van der Waals surface area contributed by atoms with E-state index in [2.05, 4.69) is 40.1 Å². The Hall–Kier alpha value is -0.190. The number of hydrogen-bond acceptors (Lipinski definition) is 3. The van der Waals surface area contributed by atoms with Crippen molar-refractivity contribution in [1.82, 2.24) is 0 Å². The van der Waals surface area contributed by atoms with Crippen LogP contribution in [0.3, 0.4) is 0 Å². The van der Waals surface area contributed by atoms with E-state index in [4.69, 9.17) is 11.6 Å². The zero-order chi connectivity index (χ0) is 12.6. The Kier molecular flexibility index (Phi) is 3.76. The number of halogens is 2. The number of aliphatic imine (C=N–C) groups is 1. The van der Waals surface area contributed by atoms with Crippen LogP contribution in [0.5, 0.6) is 0 Å². The summed E-state index contributed by atoms with van der Waals surface area (Å²) in [6.45, 7) is 6.25. The van der Waals surface area contributed by atoms with E-state index in [0.717, 1.165) is 31.7 Å². The van der Waals surface area contributed by atoms with Gasteiger partial charge in [-0.1, -0.05) is 23.4 Å². The fraction of sp³-hybridized carbons (Fsp3) is 0.417. The van der Waals surface area contributed by atoms with E-state index >= 15 is 0 Å². The molecule has 0 aliphatic carbocycles. The summed E-state index contributed by atoms with van der Waals surface area (Å²) in [7, 11) is 0. The zero-order valence-corrected chi connectivity index (χ0v) is 13.1. The Morgan fingerprint density at radius 3 is 2.76 bits per heavy atom. The maximum atomic E-state index is 6.12. The first-order valence-corrected chi connectivity index (χ1v) is 7.48. The molecule has 1 heterocycles. The molecule has 0 spiro atoms. The number of thioether (sulfide) groups is 1. The van der Waals surface area contributed by atoms with Crippen LogP contribution in [0.25, 0.3) is 0 Å². The third-order valence-electron chi connectivity index (χ3n) is 2.46. The summed E-state index contributed by atoms with van der Waals surface area (Å²) in [6, 6.07) is 3.94. The van der Waals surface area contributed by atoms with Crippen molar-refractivity contribution in [3.63, 3.8) is 0 Å². The summed E-state index contributed by atoms with van der Waals surface area (Å²) in [4.78, 5) is 4.61.